The van der Waals surface area contributed by atoms with Gasteiger partial charge in [-0.05, 0) is 19.1 Å². The summed E-state index contributed by atoms with van der Waals surface area (Å²) >= 11 is 0. The number of anilines is 1. The Hall–Kier alpha value is -3.21. The number of benzene rings is 1. The molecular weight excluding hydrogens is 381 g/mol. The fourth-order valence-corrected chi connectivity index (χ4v) is 2.34. The minimum Gasteiger partial charge on any atom is -0.505 e. The molecule has 8 nitrogen and oxygen atoms in total. The number of nitro benzene ring substituents is 1. The van der Waals surface area contributed by atoms with Crippen molar-refractivity contribution < 1.29 is 28.3 Å². The number of aliphatic imine (C=N–C) groups is 1. The van der Waals surface area contributed by atoms with Crippen LogP contribution in [0.3, 0.4) is 0 Å². The van der Waals surface area contributed by atoms with Gasteiger partial charge in [-0.1, -0.05) is 0 Å². The molecule has 0 atom stereocenters. The summed E-state index contributed by atoms with van der Waals surface area (Å²) in [5.74, 6) is -0.123. The molecule has 0 saturated carbocycles. The lowest BCUT2D eigenvalue weighted by atomic mass is 10.1. The Labute approximate surface area is 157 Å². The smallest absolute Gasteiger partial charge is 0.416 e. The third kappa shape index (κ3) is 4.94. The first-order valence-electron chi connectivity index (χ1n) is 8.02. The van der Waals surface area contributed by atoms with Crippen LogP contribution in [-0.4, -0.2) is 39.4 Å². The summed E-state index contributed by atoms with van der Waals surface area (Å²) in [6.07, 6.45) is -1.94. The second kappa shape index (κ2) is 8.65. The SMILES string of the molecule is Cc1ncc(CO)c(C=NCCNc2ccc(C(F)(F)F)cc2[N+](=O)[O-])c1O. The molecule has 1 aromatic heterocycles. The van der Waals surface area contributed by atoms with Gasteiger partial charge in [0.15, 0.2) is 0 Å². The summed E-state index contributed by atoms with van der Waals surface area (Å²) in [6.45, 7) is 1.45. The summed E-state index contributed by atoms with van der Waals surface area (Å²) in [5, 5.41) is 33.0. The number of alkyl halides is 3. The number of nitrogens with zero attached hydrogens (tertiary/aromatic N) is 3. The van der Waals surface area contributed by atoms with Crippen LogP contribution in [0.4, 0.5) is 24.5 Å². The Morgan fingerprint density at radius 1 is 1.39 bits per heavy atom. The lowest BCUT2D eigenvalue weighted by molar-refractivity contribution is -0.384. The maximum atomic E-state index is 12.7. The highest BCUT2D eigenvalue weighted by molar-refractivity contribution is 5.85. The molecule has 0 radical (unpaired) electrons. The van der Waals surface area contributed by atoms with Crippen molar-refractivity contribution in [1.29, 1.82) is 0 Å². The van der Waals surface area contributed by atoms with Gasteiger partial charge in [-0.3, -0.25) is 20.1 Å². The number of aromatic hydroxyl groups is 1. The molecule has 0 fully saturated rings. The van der Waals surface area contributed by atoms with Crippen molar-refractivity contribution in [3.8, 4) is 5.75 Å². The summed E-state index contributed by atoms with van der Waals surface area (Å²) in [4.78, 5) is 18.1. The van der Waals surface area contributed by atoms with Gasteiger partial charge in [0, 0.05) is 36.1 Å². The van der Waals surface area contributed by atoms with Gasteiger partial charge in [-0.25, -0.2) is 0 Å². The number of rotatable bonds is 7. The molecule has 28 heavy (non-hydrogen) atoms. The van der Waals surface area contributed by atoms with E-state index in [9.17, 15) is 33.5 Å². The molecule has 150 valence electrons. The predicted octanol–water partition coefficient (Wildman–Crippen LogP) is 3.05. The maximum absolute atomic E-state index is 12.7. The van der Waals surface area contributed by atoms with Crippen molar-refractivity contribution in [3.63, 3.8) is 0 Å². The first kappa shape index (κ1) is 21.1. The van der Waals surface area contributed by atoms with Crippen LogP contribution in [0.25, 0.3) is 0 Å². The van der Waals surface area contributed by atoms with E-state index in [4.69, 9.17) is 0 Å². The molecule has 0 aliphatic rings. The molecule has 1 heterocycles. The van der Waals surface area contributed by atoms with E-state index >= 15 is 0 Å². The van der Waals surface area contributed by atoms with E-state index in [0.29, 0.717) is 22.9 Å². The molecule has 0 aliphatic carbocycles. The van der Waals surface area contributed by atoms with Crippen LogP contribution < -0.4 is 5.32 Å². The third-order valence-electron chi connectivity index (χ3n) is 3.83. The van der Waals surface area contributed by atoms with Crippen LogP contribution in [0.1, 0.15) is 22.4 Å². The maximum Gasteiger partial charge on any atom is 0.416 e. The molecular formula is C17H17F3N4O4. The molecule has 2 rings (SSSR count). The number of hydrogen-bond donors (Lipinski definition) is 3. The van der Waals surface area contributed by atoms with Gasteiger partial charge >= 0.3 is 6.18 Å². The van der Waals surface area contributed by atoms with E-state index in [0.717, 1.165) is 12.1 Å². The van der Waals surface area contributed by atoms with E-state index < -0.39 is 22.4 Å². The highest BCUT2D eigenvalue weighted by Crippen LogP contribution is 2.34. The van der Waals surface area contributed by atoms with Crippen molar-refractivity contribution in [3.05, 3.63) is 56.9 Å². The summed E-state index contributed by atoms with van der Waals surface area (Å²) < 4.78 is 38.1. The Kier molecular flexibility index (Phi) is 6.52. The van der Waals surface area contributed by atoms with Crippen molar-refractivity contribution in [2.45, 2.75) is 19.7 Å². The number of nitro groups is 1. The molecule has 3 N–H and O–H groups in total. The Morgan fingerprint density at radius 2 is 2.11 bits per heavy atom. The van der Waals surface area contributed by atoms with Gasteiger partial charge in [0.05, 0.1) is 29.3 Å². The molecule has 0 saturated heterocycles. The lowest BCUT2D eigenvalue weighted by Gasteiger charge is -2.10. The number of aromatic nitrogens is 1. The van der Waals surface area contributed by atoms with E-state index in [-0.39, 0.29) is 31.1 Å². The first-order chi connectivity index (χ1) is 13.1. The van der Waals surface area contributed by atoms with Crippen LogP contribution in [-0.2, 0) is 12.8 Å². The van der Waals surface area contributed by atoms with Crippen molar-refractivity contribution in [2.75, 3.05) is 18.4 Å². The molecule has 0 aliphatic heterocycles. The molecule has 11 heteroatoms. The number of nitrogens with one attached hydrogen (secondary N) is 1. The van der Waals surface area contributed by atoms with Gasteiger partial charge in [0.1, 0.15) is 11.4 Å². The summed E-state index contributed by atoms with van der Waals surface area (Å²) in [7, 11) is 0. The van der Waals surface area contributed by atoms with Gasteiger partial charge in [0.25, 0.3) is 5.69 Å². The van der Waals surface area contributed by atoms with Crippen LogP contribution in [0.15, 0.2) is 29.4 Å². The second-order valence-corrected chi connectivity index (χ2v) is 5.74. The Balaban J connectivity index is 2.07. The minimum atomic E-state index is -4.68. The molecule has 0 bridgehead atoms. The van der Waals surface area contributed by atoms with E-state index in [1.165, 1.54) is 12.4 Å². The highest BCUT2D eigenvalue weighted by Gasteiger charge is 2.32. The third-order valence-corrected chi connectivity index (χ3v) is 3.83. The molecule has 2 aromatic rings. The van der Waals surface area contributed by atoms with Crippen molar-refractivity contribution >= 4 is 17.6 Å². The monoisotopic (exact) mass is 398 g/mol. The van der Waals surface area contributed by atoms with Crippen molar-refractivity contribution in [2.24, 2.45) is 4.99 Å². The quantitative estimate of drug-likeness (QED) is 0.285. The van der Waals surface area contributed by atoms with Gasteiger partial charge in [-0.15, -0.1) is 0 Å². The van der Waals surface area contributed by atoms with Gasteiger partial charge in [0.2, 0.25) is 0 Å². The Bertz CT molecular complexity index is 901. The van der Waals surface area contributed by atoms with Crippen LogP contribution in [0.2, 0.25) is 0 Å². The summed E-state index contributed by atoms with van der Waals surface area (Å²) in [6, 6.07) is 2.22. The number of pyridine rings is 1. The second-order valence-electron chi connectivity index (χ2n) is 5.74. The lowest BCUT2D eigenvalue weighted by Crippen LogP contribution is -2.10. The largest absolute Gasteiger partial charge is 0.505 e. The predicted molar refractivity (Wildman–Crippen MR) is 95.6 cm³/mol. The fraction of sp³-hybridized carbons (Fsp3) is 0.294. The zero-order chi connectivity index (χ0) is 20.9. The fourth-order valence-electron chi connectivity index (χ4n) is 2.34. The Morgan fingerprint density at radius 3 is 2.71 bits per heavy atom. The number of aryl methyl sites for hydroxylation is 1. The average Bonchev–Trinajstić information content (AvgIpc) is 2.63. The highest BCUT2D eigenvalue weighted by atomic mass is 19.4. The summed E-state index contributed by atoms with van der Waals surface area (Å²) in [5.41, 5.74) is -0.829. The standard InChI is InChI=1S/C17H17F3N4O4/c1-10-16(26)13(11(9-25)7-23-10)8-21-4-5-22-14-3-2-12(17(18,19)20)6-15(14)24(27)28/h2-3,6-8,22,25-26H,4-5,9H2,1H3. The number of halogens is 3. The normalized spacial score (nSPS) is 11.8. The van der Waals surface area contributed by atoms with Crippen LogP contribution in [0.5, 0.6) is 5.75 Å². The molecule has 0 unspecified atom stereocenters. The number of aliphatic hydroxyl groups is 1. The molecule has 0 amide bonds. The first-order valence-corrected chi connectivity index (χ1v) is 8.02. The van der Waals surface area contributed by atoms with Crippen molar-refractivity contribution in [1.82, 2.24) is 4.98 Å². The zero-order valence-corrected chi connectivity index (χ0v) is 14.7. The molecule has 1 aromatic carbocycles. The van der Waals surface area contributed by atoms with Gasteiger partial charge < -0.3 is 15.5 Å². The zero-order valence-electron chi connectivity index (χ0n) is 14.7. The van der Waals surface area contributed by atoms with E-state index in [2.05, 4.69) is 15.3 Å². The minimum absolute atomic E-state index is 0.0631. The number of hydrogen-bond acceptors (Lipinski definition) is 7. The number of aliphatic hydroxyl groups excluding tert-OH is 1. The van der Waals surface area contributed by atoms with E-state index in [1.807, 2.05) is 0 Å². The average molecular weight is 398 g/mol. The molecule has 0 spiro atoms. The van der Waals surface area contributed by atoms with Crippen LogP contribution in [0, 0.1) is 17.0 Å². The van der Waals surface area contributed by atoms with E-state index in [1.54, 1.807) is 6.92 Å². The van der Waals surface area contributed by atoms with Crippen LogP contribution >= 0.6 is 0 Å². The van der Waals surface area contributed by atoms with Gasteiger partial charge in [-0.2, -0.15) is 13.2 Å². The topological polar surface area (TPSA) is 121 Å².